The van der Waals surface area contributed by atoms with Crippen LogP contribution in [0.2, 0.25) is 10.0 Å². The first-order valence-electron chi connectivity index (χ1n) is 5.52. The van der Waals surface area contributed by atoms with Gasteiger partial charge in [0.25, 0.3) is 0 Å². The van der Waals surface area contributed by atoms with Gasteiger partial charge < -0.3 is 10.1 Å². The number of benzene rings is 1. The number of nitrogens with one attached hydrogen (secondary N) is 1. The van der Waals surface area contributed by atoms with Gasteiger partial charge in [0.1, 0.15) is 0 Å². The molecule has 1 aromatic carbocycles. The standard InChI is InChI=1S/C12H15Cl2NO/c13-10-1-2-12(11(14)7-10)15-8-9-3-5-16-6-4-9/h1-2,7,9,15H,3-6,8H2. The van der Waals surface area contributed by atoms with Gasteiger partial charge in [0.05, 0.1) is 10.7 Å². The second-order valence-electron chi connectivity index (χ2n) is 4.06. The third-order valence-electron chi connectivity index (χ3n) is 2.85. The summed E-state index contributed by atoms with van der Waals surface area (Å²) < 4.78 is 5.32. The molecule has 0 bridgehead atoms. The van der Waals surface area contributed by atoms with Gasteiger partial charge in [0.15, 0.2) is 0 Å². The first-order valence-corrected chi connectivity index (χ1v) is 6.28. The minimum absolute atomic E-state index is 0.668. The molecule has 4 heteroatoms. The highest BCUT2D eigenvalue weighted by molar-refractivity contribution is 6.36. The van der Waals surface area contributed by atoms with E-state index in [1.165, 1.54) is 0 Å². The van der Waals surface area contributed by atoms with E-state index in [0.29, 0.717) is 16.0 Å². The van der Waals surface area contributed by atoms with E-state index in [1.807, 2.05) is 12.1 Å². The lowest BCUT2D eigenvalue weighted by Crippen LogP contribution is -2.22. The predicted molar refractivity (Wildman–Crippen MR) is 68.5 cm³/mol. The molecule has 1 aliphatic heterocycles. The van der Waals surface area contributed by atoms with Gasteiger partial charge in [-0.1, -0.05) is 23.2 Å². The minimum atomic E-state index is 0.668. The normalized spacial score (nSPS) is 17.4. The van der Waals surface area contributed by atoms with E-state index < -0.39 is 0 Å². The maximum Gasteiger partial charge on any atom is 0.0652 e. The average Bonchev–Trinajstić information content (AvgIpc) is 2.29. The second kappa shape index (κ2) is 5.76. The highest BCUT2D eigenvalue weighted by atomic mass is 35.5. The van der Waals surface area contributed by atoms with Gasteiger partial charge in [0, 0.05) is 24.8 Å². The molecule has 0 amide bonds. The summed E-state index contributed by atoms with van der Waals surface area (Å²) in [4.78, 5) is 0. The van der Waals surface area contributed by atoms with Crippen molar-refractivity contribution < 1.29 is 4.74 Å². The van der Waals surface area contributed by atoms with Crippen molar-refractivity contribution in [1.82, 2.24) is 0 Å². The summed E-state index contributed by atoms with van der Waals surface area (Å²) in [7, 11) is 0. The average molecular weight is 260 g/mol. The van der Waals surface area contributed by atoms with Crippen molar-refractivity contribution in [3.63, 3.8) is 0 Å². The lowest BCUT2D eigenvalue weighted by molar-refractivity contribution is 0.0699. The fourth-order valence-corrected chi connectivity index (χ4v) is 2.31. The fraction of sp³-hybridized carbons (Fsp3) is 0.500. The molecule has 1 aromatic rings. The van der Waals surface area contributed by atoms with E-state index >= 15 is 0 Å². The lowest BCUT2D eigenvalue weighted by atomic mass is 10.0. The van der Waals surface area contributed by atoms with E-state index in [-0.39, 0.29) is 0 Å². The summed E-state index contributed by atoms with van der Waals surface area (Å²) in [6.45, 7) is 2.70. The van der Waals surface area contributed by atoms with Crippen LogP contribution in [0.4, 0.5) is 5.69 Å². The highest BCUT2D eigenvalue weighted by Gasteiger charge is 2.13. The molecule has 1 fully saturated rings. The van der Waals surface area contributed by atoms with Gasteiger partial charge in [-0.15, -0.1) is 0 Å². The number of ether oxygens (including phenoxy) is 1. The predicted octanol–water partition coefficient (Wildman–Crippen LogP) is 3.83. The molecule has 2 rings (SSSR count). The minimum Gasteiger partial charge on any atom is -0.384 e. The summed E-state index contributed by atoms with van der Waals surface area (Å²) >= 11 is 11.9. The Morgan fingerprint density at radius 1 is 1.25 bits per heavy atom. The highest BCUT2D eigenvalue weighted by Crippen LogP contribution is 2.26. The van der Waals surface area contributed by atoms with Crippen molar-refractivity contribution in [3.05, 3.63) is 28.2 Å². The zero-order chi connectivity index (χ0) is 11.4. The molecular formula is C12H15Cl2NO. The van der Waals surface area contributed by atoms with Crippen molar-refractivity contribution >= 4 is 28.9 Å². The molecule has 1 heterocycles. The van der Waals surface area contributed by atoms with Crippen molar-refractivity contribution in [1.29, 1.82) is 0 Å². The summed E-state index contributed by atoms with van der Waals surface area (Å²) in [6, 6.07) is 5.53. The Morgan fingerprint density at radius 2 is 2.00 bits per heavy atom. The van der Waals surface area contributed by atoms with Crippen LogP contribution in [0.1, 0.15) is 12.8 Å². The number of hydrogen-bond donors (Lipinski definition) is 1. The molecular weight excluding hydrogens is 245 g/mol. The van der Waals surface area contributed by atoms with E-state index in [9.17, 15) is 0 Å². The smallest absolute Gasteiger partial charge is 0.0652 e. The van der Waals surface area contributed by atoms with E-state index in [4.69, 9.17) is 27.9 Å². The van der Waals surface area contributed by atoms with Crippen LogP contribution in [-0.2, 0) is 4.74 Å². The molecule has 0 spiro atoms. The molecule has 0 atom stereocenters. The molecule has 2 nitrogen and oxygen atoms in total. The number of anilines is 1. The molecule has 0 radical (unpaired) electrons. The van der Waals surface area contributed by atoms with Gasteiger partial charge in [-0.05, 0) is 37.0 Å². The van der Waals surface area contributed by atoms with E-state index in [0.717, 1.165) is 38.3 Å². The monoisotopic (exact) mass is 259 g/mol. The first kappa shape index (κ1) is 12.0. The summed E-state index contributed by atoms with van der Waals surface area (Å²) in [5, 5.41) is 4.71. The topological polar surface area (TPSA) is 21.3 Å². The Balaban J connectivity index is 1.88. The SMILES string of the molecule is Clc1ccc(NCC2CCOCC2)c(Cl)c1. The molecule has 0 saturated carbocycles. The summed E-state index contributed by atoms with van der Waals surface area (Å²) in [5.41, 5.74) is 0.956. The lowest BCUT2D eigenvalue weighted by Gasteiger charge is -2.22. The first-order chi connectivity index (χ1) is 7.75. The molecule has 0 unspecified atom stereocenters. The van der Waals surface area contributed by atoms with Gasteiger partial charge in [-0.3, -0.25) is 0 Å². The molecule has 0 aliphatic carbocycles. The van der Waals surface area contributed by atoms with Crippen LogP contribution < -0.4 is 5.32 Å². The van der Waals surface area contributed by atoms with Crippen LogP contribution in [-0.4, -0.2) is 19.8 Å². The Bertz CT molecular complexity index is 351. The molecule has 1 N–H and O–H groups in total. The third-order valence-corrected chi connectivity index (χ3v) is 3.40. The van der Waals surface area contributed by atoms with Crippen LogP contribution in [0, 0.1) is 5.92 Å². The van der Waals surface area contributed by atoms with Crippen molar-refractivity contribution in [2.45, 2.75) is 12.8 Å². The van der Waals surface area contributed by atoms with Crippen molar-refractivity contribution in [2.75, 3.05) is 25.1 Å². The molecule has 16 heavy (non-hydrogen) atoms. The summed E-state index contributed by atoms with van der Waals surface area (Å²) in [6.07, 6.45) is 2.25. The van der Waals surface area contributed by atoms with Gasteiger partial charge >= 0.3 is 0 Å². The zero-order valence-electron chi connectivity index (χ0n) is 9.01. The quantitative estimate of drug-likeness (QED) is 0.891. The zero-order valence-corrected chi connectivity index (χ0v) is 10.5. The Labute approximate surface area is 106 Å². The van der Waals surface area contributed by atoms with Crippen LogP contribution >= 0.6 is 23.2 Å². The molecule has 0 aromatic heterocycles. The molecule has 1 aliphatic rings. The Hall–Kier alpha value is -0.440. The van der Waals surface area contributed by atoms with Crippen LogP contribution in [0.5, 0.6) is 0 Å². The van der Waals surface area contributed by atoms with Gasteiger partial charge in [-0.2, -0.15) is 0 Å². The Morgan fingerprint density at radius 3 is 2.69 bits per heavy atom. The van der Waals surface area contributed by atoms with E-state index in [1.54, 1.807) is 6.07 Å². The fourth-order valence-electron chi connectivity index (χ4n) is 1.84. The van der Waals surface area contributed by atoms with Crippen molar-refractivity contribution in [3.8, 4) is 0 Å². The second-order valence-corrected chi connectivity index (χ2v) is 4.90. The summed E-state index contributed by atoms with van der Waals surface area (Å²) in [5.74, 6) is 0.681. The van der Waals surface area contributed by atoms with E-state index in [2.05, 4.69) is 5.32 Å². The maximum absolute atomic E-state index is 6.08. The van der Waals surface area contributed by atoms with Crippen LogP contribution in [0.25, 0.3) is 0 Å². The van der Waals surface area contributed by atoms with Gasteiger partial charge in [-0.25, -0.2) is 0 Å². The molecule has 1 saturated heterocycles. The number of halogens is 2. The van der Waals surface area contributed by atoms with Crippen LogP contribution in [0.3, 0.4) is 0 Å². The van der Waals surface area contributed by atoms with Crippen molar-refractivity contribution in [2.24, 2.45) is 5.92 Å². The van der Waals surface area contributed by atoms with Crippen LogP contribution in [0.15, 0.2) is 18.2 Å². The number of rotatable bonds is 3. The maximum atomic E-state index is 6.08. The van der Waals surface area contributed by atoms with Gasteiger partial charge in [0.2, 0.25) is 0 Å². The Kier molecular flexibility index (Phi) is 4.33. The largest absolute Gasteiger partial charge is 0.384 e. The number of hydrogen-bond acceptors (Lipinski definition) is 2. The molecule has 88 valence electrons. The third kappa shape index (κ3) is 3.27.